The van der Waals surface area contributed by atoms with Crippen LogP contribution < -0.4 is 5.32 Å². The van der Waals surface area contributed by atoms with Gasteiger partial charge in [-0.05, 0) is 38.0 Å². The molecule has 0 aliphatic heterocycles. The van der Waals surface area contributed by atoms with Gasteiger partial charge in [-0.3, -0.25) is 4.79 Å². The second-order valence-corrected chi connectivity index (χ2v) is 8.84. The summed E-state index contributed by atoms with van der Waals surface area (Å²) in [5.74, 6) is -1.75. The van der Waals surface area contributed by atoms with E-state index in [0.29, 0.717) is 0 Å². The van der Waals surface area contributed by atoms with Crippen molar-refractivity contribution < 1.29 is 22.7 Å². The fourth-order valence-electron chi connectivity index (χ4n) is 1.83. The zero-order valence-electron chi connectivity index (χ0n) is 15.2. The fourth-order valence-corrected chi connectivity index (χ4v) is 2.67. The number of hydrogen-bond donors (Lipinski definition) is 1. The van der Waals surface area contributed by atoms with Gasteiger partial charge in [0.15, 0.2) is 15.9 Å². The summed E-state index contributed by atoms with van der Waals surface area (Å²) in [6.07, 6.45) is -0.206. The highest BCUT2D eigenvalue weighted by Gasteiger charge is 2.33. The Morgan fingerprint density at radius 2 is 1.88 bits per heavy atom. The number of nitriles is 1. The van der Waals surface area contributed by atoms with Crippen LogP contribution in [-0.2, 0) is 19.4 Å². The zero-order chi connectivity index (χ0) is 20.3. The number of carbonyl (C=O) groups excluding carboxylic acids is 2. The van der Waals surface area contributed by atoms with E-state index < -0.39 is 33.4 Å². The van der Waals surface area contributed by atoms with Crippen LogP contribution in [0.2, 0.25) is 5.02 Å². The smallest absolute Gasteiger partial charge is 0.340 e. The number of halogens is 1. The highest BCUT2D eigenvalue weighted by Crippen LogP contribution is 2.22. The molecular formula is C17H21ClN2O5S. The Kier molecular flexibility index (Phi) is 6.80. The van der Waals surface area contributed by atoms with Gasteiger partial charge in [-0.2, -0.15) is 5.26 Å². The van der Waals surface area contributed by atoms with E-state index in [1.807, 2.05) is 6.07 Å². The molecule has 0 aromatic heterocycles. The molecule has 1 N–H and O–H groups in total. The Balaban J connectivity index is 2.98. The molecule has 0 fully saturated rings. The number of nitrogens with zero attached hydrogens (tertiary/aromatic N) is 1. The van der Waals surface area contributed by atoms with Crippen molar-refractivity contribution in [2.24, 2.45) is 5.92 Å². The molecule has 0 heterocycles. The average molecular weight is 401 g/mol. The number of esters is 1. The number of ether oxygens (including phenoxy) is 1. The molecule has 0 aliphatic carbocycles. The summed E-state index contributed by atoms with van der Waals surface area (Å²) in [4.78, 5) is 24.4. The third-order valence-corrected chi connectivity index (χ3v) is 5.45. The maximum atomic E-state index is 12.3. The van der Waals surface area contributed by atoms with Crippen LogP contribution >= 0.6 is 11.6 Å². The van der Waals surface area contributed by atoms with E-state index in [1.54, 1.807) is 20.8 Å². The Labute approximate surface area is 158 Å². The molecule has 0 radical (unpaired) electrons. The summed E-state index contributed by atoms with van der Waals surface area (Å²) < 4.78 is 28.3. The van der Waals surface area contributed by atoms with Crippen LogP contribution in [0.3, 0.4) is 0 Å². The summed E-state index contributed by atoms with van der Waals surface area (Å²) in [7, 11) is -3.54. The van der Waals surface area contributed by atoms with Crippen LogP contribution in [0.5, 0.6) is 0 Å². The van der Waals surface area contributed by atoms with Crippen LogP contribution in [0, 0.1) is 17.2 Å². The van der Waals surface area contributed by atoms with Crippen molar-refractivity contribution in [2.45, 2.75) is 44.2 Å². The summed E-state index contributed by atoms with van der Waals surface area (Å²) in [5, 5.41) is 11.8. The number of sulfone groups is 1. The van der Waals surface area contributed by atoms with E-state index in [2.05, 4.69) is 5.32 Å². The van der Waals surface area contributed by atoms with Crippen molar-refractivity contribution in [1.29, 1.82) is 5.26 Å². The third-order valence-electron chi connectivity index (χ3n) is 4.01. The molecule has 26 heavy (non-hydrogen) atoms. The molecule has 0 spiro atoms. The van der Waals surface area contributed by atoms with E-state index in [4.69, 9.17) is 16.3 Å². The molecule has 0 bridgehead atoms. The molecule has 1 aromatic rings. The van der Waals surface area contributed by atoms with Crippen molar-refractivity contribution in [1.82, 2.24) is 5.32 Å². The van der Waals surface area contributed by atoms with Gasteiger partial charge < -0.3 is 10.1 Å². The highest BCUT2D eigenvalue weighted by atomic mass is 35.5. The minimum absolute atomic E-state index is 0.000878. The molecule has 2 unspecified atom stereocenters. The van der Waals surface area contributed by atoms with Crippen LogP contribution in [0.15, 0.2) is 23.1 Å². The number of amides is 1. The molecular weight excluding hydrogens is 380 g/mol. The number of rotatable bonds is 6. The minimum atomic E-state index is -3.54. The van der Waals surface area contributed by atoms with E-state index in [-0.39, 0.29) is 21.4 Å². The first-order chi connectivity index (χ1) is 11.8. The number of hydrogen-bond acceptors (Lipinski definition) is 6. The average Bonchev–Trinajstić information content (AvgIpc) is 2.53. The van der Waals surface area contributed by atoms with Gasteiger partial charge in [0.1, 0.15) is 5.54 Å². The predicted octanol–water partition coefficient (Wildman–Crippen LogP) is 2.34. The molecule has 0 saturated carbocycles. The fraction of sp³-hybridized carbons (Fsp3) is 0.471. The van der Waals surface area contributed by atoms with Crippen molar-refractivity contribution in [2.75, 3.05) is 6.26 Å². The van der Waals surface area contributed by atoms with E-state index >= 15 is 0 Å². The maximum absolute atomic E-state index is 12.3. The van der Waals surface area contributed by atoms with E-state index in [9.17, 15) is 23.3 Å². The first-order valence-electron chi connectivity index (χ1n) is 7.75. The Morgan fingerprint density at radius 1 is 1.31 bits per heavy atom. The summed E-state index contributed by atoms with van der Waals surface area (Å²) in [5.41, 5.74) is -1.29. The second-order valence-electron chi connectivity index (χ2n) is 6.42. The number of nitrogens with one attached hydrogen (secondary N) is 1. The van der Waals surface area contributed by atoms with Gasteiger partial charge >= 0.3 is 5.97 Å². The summed E-state index contributed by atoms with van der Waals surface area (Å²) >= 11 is 5.94. The van der Waals surface area contributed by atoms with E-state index in [0.717, 1.165) is 12.3 Å². The number of benzene rings is 1. The Morgan fingerprint density at radius 3 is 2.35 bits per heavy atom. The largest absolute Gasteiger partial charge is 0.449 e. The standard InChI is InChI=1S/C17H21ClN2O5S/c1-10(2)17(4,9-19)20-15(21)11(3)25-16(22)13-8-12(26(5,23)24)6-7-14(13)18/h6-8,10-11H,1-5H3,(H,20,21). The first-order valence-corrected chi connectivity index (χ1v) is 10.0. The van der Waals surface area contributed by atoms with Crippen molar-refractivity contribution in [3.8, 4) is 6.07 Å². The molecule has 1 amide bonds. The molecule has 1 aromatic carbocycles. The monoisotopic (exact) mass is 400 g/mol. The summed E-state index contributed by atoms with van der Waals surface area (Å²) in [6, 6.07) is 5.66. The molecule has 0 saturated heterocycles. The lowest BCUT2D eigenvalue weighted by Crippen LogP contribution is -2.52. The minimum Gasteiger partial charge on any atom is -0.449 e. The quantitative estimate of drug-likeness (QED) is 0.733. The number of carbonyl (C=O) groups is 2. The van der Waals surface area contributed by atoms with Gasteiger partial charge in [-0.15, -0.1) is 0 Å². The SMILES string of the molecule is CC(OC(=O)c1cc(S(C)(=O)=O)ccc1Cl)C(=O)NC(C)(C#N)C(C)C. The lowest BCUT2D eigenvalue weighted by atomic mass is 9.90. The van der Waals surface area contributed by atoms with E-state index in [1.165, 1.54) is 19.1 Å². The van der Waals surface area contributed by atoms with Crippen molar-refractivity contribution in [3.05, 3.63) is 28.8 Å². The Bertz CT molecular complexity index is 860. The summed E-state index contributed by atoms with van der Waals surface area (Å²) in [6.45, 7) is 6.46. The molecule has 142 valence electrons. The molecule has 2 atom stereocenters. The van der Waals surface area contributed by atoms with Gasteiger partial charge in [0.2, 0.25) is 0 Å². The van der Waals surface area contributed by atoms with Crippen LogP contribution in [0.4, 0.5) is 0 Å². The molecule has 0 aliphatic rings. The van der Waals surface area contributed by atoms with Crippen molar-refractivity contribution in [3.63, 3.8) is 0 Å². The van der Waals surface area contributed by atoms with Crippen LogP contribution in [0.25, 0.3) is 0 Å². The predicted molar refractivity (Wildman–Crippen MR) is 96.4 cm³/mol. The van der Waals surface area contributed by atoms with Crippen LogP contribution in [0.1, 0.15) is 38.1 Å². The van der Waals surface area contributed by atoms with Gasteiger partial charge in [0.05, 0.1) is 21.6 Å². The van der Waals surface area contributed by atoms with Crippen molar-refractivity contribution >= 4 is 33.3 Å². The Hall–Kier alpha value is -2.11. The van der Waals surface area contributed by atoms with Gasteiger partial charge in [-0.1, -0.05) is 25.4 Å². The third kappa shape index (κ3) is 5.19. The topological polar surface area (TPSA) is 113 Å². The first kappa shape index (κ1) is 21.9. The lowest BCUT2D eigenvalue weighted by Gasteiger charge is -2.28. The lowest BCUT2D eigenvalue weighted by molar-refractivity contribution is -0.130. The molecule has 1 rings (SSSR count). The van der Waals surface area contributed by atoms with Gasteiger partial charge in [0, 0.05) is 6.26 Å². The normalized spacial score (nSPS) is 14.8. The highest BCUT2D eigenvalue weighted by molar-refractivity contribution is 7.90. The zero-order valence-corrected chi connectivity index (χ0v) is 16.7. The molecule has 7 nitrogen and oxygen atoms in total. The van der Waals surface area contributed by atoms with Gasteiger partial charge in [0.25, 0.3) is 5.91 Å². The van der Waals surface area contributed by atoms with Crippen LogP contribution in [-0.4, -0.2) is 38.2 Å². The maximum Gasteiger partial charge on any atom is 0.340 e. The van der Waals surface area contributed by atoms with Gasteiger partial charge in [-0.25, -0.2) is 13.2 Å². The molecule has 9 heteroatoms. The second kappa shape index (κ2) is 8.06.